The first-order valence-corrected chi connectivity index (χ1v) is 8.07. The maximum atomic E-state index is 6.32. The molecule has 2 nitrogen and oxygen atoms in total. The van der Waals surface area contributed by atoms with Crippen LogP contribution in [-0.4, -0.2) is 9.55 Å². The summed E-state index contributed by atoms with van der Waals surface area (Å²) in [5.74, 6) is 1.59. The second-order valence-corrected chi connectivity index (χ2v) is 6.72. The van der Waals surface area contributed by atoms with Crippen molar-refractivity contribution in [3.05, 3.63) is 29.0 Å². The fraction of sp³-hybridized carbons (Fsp3) is 0.562. The van der Waals surface area contributed by atoms with Gasteiger partial charge in [-0.05, 0) is 38.3 Å². The third-order valence-corrected chi connectivity index (χ3v) is 4.44. The van der Waals surface area contributed by atoms with Gasteiger partial charge in [-0.25, -0.2) is 4.98 Å². The summed E-state index contributed by atoms with van der Waals surface area (Å²) in [6.45, 7) is 8.71. The molecule has 2 aromatic rings. The van der Waals surface area contributed by atoms with Gasteiger partial charge in [0.1, 0.15) is 11.3 Å². The number of benzene rings is 1. The van der Waals surface area contributed by atoms with E-state index < -0.39 is 0 Å². The zero-order valence-electron chi connectivity index (χ0n) is 12.5. The van der Waals surface area contributed by atoms with Crippen LogP contribution in [0.15, 0.2) is 18.2 Å². The summed E-state index contributed by atoms with van der Waals surface area (Å²) in [5, 5.41) is 0.563. The molecular formula is C16H22Cl2N2. The third kappa shape index (κ3) is 2.96. The van der Waals surface area contributed by atoms with Crippen LogP contribution in [0.1, 0.15) is 57.8 Å². The minimum atomic E-state index is -0.127. The highest BCUT2D eigenvalue weighted by Crippen LogP contribution is 2.33. The van der Waals surface area contributed by atoms with Gasteiger partial charge in [0.25, 0.3) is 0 Å². The standard InChI is InChI=1S/C16H22Cl2N2/c1-5-10(2)9-11(3)20-14-8-6-7-13(18)15(14)19-16(20)12(4)17/h6-8,10-12H,5,9H2,1-4H3. The summed E-state index contributed by atoms with van der Waals surface area (Å²) in [7, 11) is 0. The Bertz CT molecular complexity index is 589. The molecular weight excluding hydrogens is 291 g/mol. The number of hydrogen-bond donors (Lipinski definition) is 0. The van der Waals surface area contributed by atoms with E-state index in [1.165, 1.54) is 6.42 Å². The van der Waals surface area contributed by atoms with Crippen LogP contribution in [0.2, 0.25) is 5.02 Å². The van der Waals surface area contributed by atoms with Crippen LogP contribution >= 0.6 is 23.2 Å². The number of alkyl halides is 1. The SMILES string of the molecule is CCC(C)CC(C)n1c(C(C)Cl)nc2c(Cl)cccc21. The lowest BCUT2D eigenvalue weighted by atomic mass is 10.00. The van der Waals surface area contributed by atoms with Gasteiger partial charge in [-0.3, -0.25) is 0 Å². The molecule has 0 aliphatic carbocycles. The van der Waals surface area contributed by atoms with Crippen molar-refractivity contribution in [2.45, 2.75) is 52.0 Å². The predicted octanol–water partition coefficient (Wildman–Crippen LogP) is 5.99. The van der Waals surface area contributed by atoms with E-state index in [0.717, 1.165) is 23.3 Å². The Morgan fingerprint density at radius 1 is 1.25 bits per heavy atom. The van der Waals surface area contributed by atoms with Crippen LogP contribution in [0.4, 0.5) is 0 Å². The first-order chi connectivity index (χ1) is 9.45. The van der Waals surface area contributed by atoms with Crippen LogP contribution in [0.3, 0.4) is 0 Å². The molecule has 4 heteroatoms. The highest BCUT2D eigenvalue weighted by atomic mass is 35.5. The Hall–Kier alpha value is -0.730. The van der Waals surface area contributed by atoms with Crippen LogP contribution < -0.4 is 0 Å². The molecule has 1 aromatic carbocycles. The number of aromatic nitrogens is 2. The minimum Gasteiger partial charge on any atom is -0.324 e. The van der Waals surface area contributed by atoms with Gasteiger partial charge in [-0.2, -0.15) is 0 Å². The molecule has 0 N–H and O–H groups in total. The third-order valence-electron chi connectivity index (χ3n) is 3.94. The van der Waals surface area contributed by atoms with E-state index in [-0.39, 0.29) is 5.38 Å². The number of halogens is 2. The molecule has 110 valence electrons. The van der Waals surface area contributed by atoms with Gasteiger partial charge in [0.2, 0.25) is 0 Å². The van der Waals surface area contributed by atoms with Crippen molar-refractivity contribution in [2.75, 3.05) is 0 Å². The lowest BCUT2D eigenvalue weighted by Gasteiger charge is -2.21. The largest absolute Gasteiger partial charge is 0.324 e. The first kappa shape index (κ1) is 15.7. The molecule has 3 atom stereocenters. The van der Waals surface area contributed by atoms with Crippen molar-refractivity contribution < 1.29 is 0 Å². The second-order valence-electron chi connectivity index (χ2n) is 5.66. The zero-order chi connectivity index (χ0) is 14.9. The van der Waals surface area contributed by atoms with Crippen LogP contribution in [-0.2, 0) is 0 Å². The van der Waals surface area contributed by atoms with E-state index >= 15 is 0 Å². The van der Waals surface area contributed by atoms with Gasteiger partial charge in [0.05, 0.1) is 15.9 Å². The molecule has 0 saturated carbocycles. The molecule has 0 fully saturated rings. The average Bonchev–Trinajstić information content (AvgIpc) is 2.79. The molecule has 0 radical (unpaired) electrons. The summed E-state index contributed by atoms with van der Waals surface area (Å²) in [4.78, 5) is 4.66. The van der Waals surface area contributed by atoms with E-state index in [2.05, 4.69) is 36.4 Å². The molecule has 3 unspecified atom stereocenters. The molecule has 0 saturated heterocycles. The number of para-hydroxylation sites is 1. The molecule has 0 aliphatic rings. The van der Waals surface area contributed by atoms with E-state index in [4.69, 9.17) is 23.2 Å². The first-order valence-electron chi connectivity index (χ1n) is 7.26. The Morgan fingerprint density at radius 3 is 2.55 bits per heavy atom. The summed E-state index contributed by atoms with van der Waals surface area (Å²) >= 11 is 12.6. The second kappa shape index (κ2) is 6.36. The lowest BCUT2D eigenvalue weighted by molar-refractivity contribution is 0.397. The van der Waals surface area contributed by atoms with E-state index in [9.17, 15) is 0 Å². The Balaban J connectivity index is 2.54. The van der Waals surface area contributed by atoms with Crippen molar-refractivity contribution in [2.24, 2.45) is 5.92 Å². The van der Waals surface area contributed by atoms with Crippen LogP contribution in [0.5, 0.6) is 0 Å². The topological polar surface area (TPSA) is 17.8 Å². The lowest BCUT2D eigenvalue weighted by Crippen LogP contribution is -2.12. The normalized spacial score (nSPS) is 16.3. The number of imidazole rings is 1. The number of fused-ring (bicyclic) bond motifs is 1. The van der Waals surface area contributed by atoms with Crippen molar-refractivity contribution in [1.29, 1.82) is 0 Å². The molecule has 2 rings (SSSR count). The molecule has 0 aliphatic heterocycles. The van der Waals surface area contributed by atoms with Gasteiger partial charge < -0.3 is 4.57 Å². The summed E-state index contributed by atoms with van der Waals surface area (Å²) in [5.41, 5.74) is 1.93. The molecule has 0 amide bonds. The maximum absolute atomic E-state index is 6.32. The Kier molecular flexibility index (Phi) is 4.98. The van der Waals surface area contributed by atoms with Gasteiger partial charge in [-0.15, -0.1) is 11.6 Å². The maximum Gasteiger partial charge on any atom is 0.128 e. The highest BCUT2D eigenvalue weighted by Gasteiger charge is 2.21. The van der Waals surface area contributed by atoms with Gasteiger partial charge >= 0.3 is 0 Å². The van der Waals surface area contributed by atoms with Crippen molar-refractivity contribution in [1.82, 2.24) is 9.55 Å². The minimum absolute atomic E-state index is 0.127. The van der Waals surface area contributed by atoms with Gasteiger partial charge in [0.15, 0.2) is 0 Å². The van der Waals surface area contributed by atoms with Crippen molar-refractivity contribution >= 4 is 34.2 Å². The molecule has 20 heavy (non-hydrogen) atoms. The average molecular weight is 313 g/mol. The Morgan fingerprint density at radius 2 is 1.95 bits per heavy atom. The summed E-state index contributed by atoms with van der Waals surface area (Å²) in [6.07, 6.45) is 2.30. The fourth-order valence-electron chi connectivity index (χ4n) is 2.70. The monoisotopic (exact) mass is 312 g/mol. The molecule has 1 heterocycles. The van der Waals surface area contributed by atoms with Crippen molar-refractivity contribution in [3.8, 4) is 0 Å². The predicted molar refractivity (Wildman–Crippen MR) is 87.8 cm³/mol. The molecule has 1 aromatic heterocycles. The zero-order valence-corrected chi connectivity index (χ0v) is 14.0. The van der Waals surface area contributed by atoms with E-state index in [0.29, 0.717) is 17.0 Å². The van der Waals surface area contributed by atoms with Gasteiger partial charge in [-0.1, -0.05) is 37.9 Å². The Labute approximate surface area is 131 Å². The van der Waals surface area contributed by atoms with E-state index in [1.54, 1.807) is 0 Å². The highest BCUT2D eigenvalue weighted by molar-refractivity contribution is 6.35. The smallest absolute Gasteiger partial charge is 0.128 e. The van der Waals surface area contributed by atoms with Gasteiger partial charge in [0, 0.05) is 6.04 Å². The number of rotatable bonds is 5. The van der Waals surface area contributed by atoms with E-state index in [1.807, 2.05) is 19.1 Å². The van der Waals surface area contributed by atoms with Crippen LogP contribution in [0.25, 0.3) is 11.0 Å². The quantitative estimate of drug-likeness (QED) is 0.620. The summed E-state index contributed by atoms with van der Waals surface area (Å²) in [6, 6.07) is 6.29. The molecule has 0 bridgehead atoms. The molecule has 0 spiro atoms. The van der Waals surface area contributed by atoms with Crippen LogP contribution in [0, 0.1) is 5.92 Å². The summed E-state index contributed by atoms with van der Waals surface area (Å²) < 4.78 is 2.26. The fourth-order valence-corrected chi connectivity index (χ4v) is 3.06. The number of hydrogen-bond acceptors (Lipinski definition) is 1. The van der Waals surface area contributed by atoms with Crippen molar-refractivity contribution in [3.63, 3.8) is 0 Å². The number of nitrogens with zero attached hydrogens (tertiary/aromatic N) is 2.